The van der Waals surface area contributed by atoms with Crippen LogP contribution in [0.3, 0.4) is 0 Å². The van der Waals surface area contributed by atoms with Crippen molar-refractivity contribution in [2.45, 2.75) is 20.8 Å². The molecule has 0 aromatic heterocycles. The Balaban J connectivity index is 1.90. The number of hydrogen-bond acceptors (Lipinski definition) is 4. The number of carbonyl (C=O) groups excluding carboxylic acids is 1. The standard InChI is InChI=1S/C20H25NO4/c1-4-23-11-12-24-18-8-6-5-7-17(18)21-20(22)14-25-19-13-15(2)9-10-16(19)3/h5-10,13H,4,11-12,14H2,1-3H3,(H,21,22). The van der Waals surface area contributed by atoms with Crippen LogP contribution in [0.25, 0.3) is 0 Å². The highest BCUT2D eigenvalue weighted by Crippen LogP contribution is 2.24. The van der Waals surface area contributed by atoms with E-state index in [1.807, 2.05) is 57.2 Å². The van der Waals surface area contributed by atoms with Gasteiger partial charge in [-0.2, -0.15) is 0 Å². The van der Waals surface area contributed by atoms with E-state index in [-0.39, 0.29) is 12.5 Å². The van der Waals surface area contributed by atoms with Crippen LogP contribution in [0.15, 0.2) is 42.5 Å². The van der Waals surface area contributed by atoms with Gasteiger partial charge in [-0.15, -0.1) is 0 Å². The predicted octanol–water partition coefficient (Wildman–Crippen LogP) is 3.74. The van der Waals surface area contributed by atoms with E-state index in [0.717, 1.165) is 16.9 Å². The molecule has 2 aromatic rings. The van der Waals surface area contributed by atoms with Crippen LogP contribution in [0.4, 0.5) is 5.69 Å². The lowest BCUT2D eigenvalue weighted by Crippen LogP contribution is -2.21. The molecule has 0 radical (unpaired) electrons. The molecule has 0 spiro atoms. The van der Waals surface area contributed by atoms with Crippen molar-refractivity contribution >= 4 is 11.6 Å². The van der Waals surface area contributed by atoms with Crippen LogP contribution in [0.2, 0.25) is 0 Å². The summed E-state index contributed by atoms with van der Waals surface area (Å²) < 4.78 is 16.5. The van der Waals surface area contributed by atoms with Crippen molar-refractivity contribution in [3.8, 4) is 11.5 Å². The second kappa shape index (κ2) is 9.69. The quantitative estimate of drug-likeness (QED) is 0.705. The fraction of sp³-hybridized carbons (Fsp3) is 0.350. The summed E-state index contributed by atoms with van der Waals surface area (Å²) in [5, 5.41) is 2.83. The van der Waals surface area contributed by atoms with Gasteiger partial charge in [-0.05, 0) is 50.1 Å². The lowest BCUT2D eigenvalue weighted by atomic mass is 10.1. The molecule has 0 fully saturated rings. The summed E-state index contributed by atoms with van der Waals surface area (Å²) in [7, 11) is 0. The zero-order valence-corrected chi connectivity index (χ0v) is 15.0. The number of ether oxygens (including phenoxy) is 3. The van der Waals surface area contributed by atoms with Gasteiger partial charge in [-0.25, -0.2) is 0 Å². The van der Waals surface area contributed by atoms with Gasteiger partial charge in [0.05, 0.1) is 12.3 Å². The summed E-state index contributed by atoms with van der Waals surface area (Å²) in [6.07, 6.45) is 0. The van der Waals surface area contributed by atoms with Crippen molar-refractivity contribution in [2.75, 3.05) is 31.7 Å². The Morgan fingerprint density at radius 2 is 1.80 bits per heavy atom. The number of amides is 1. The lowest BCUT2D eigenvalue weighted by Gasteiger charge is -2.13. The molecule has 134 valence electrons. The Bertz CT molecular complexity index is 700. The Morgan fingerprint density at radius 3 is 2.60 bits per heavy atom. The number of aryl methyl sites for hydroxylation is 2. The molecule has 0 aliphatic rings. The monoisotopic (exact) mass is 343 g/mol. The molecule has 5 nitrogen and oxygen atoms in total. The first-order valence-electron chi connectivity index (χ1n) is 8.39. The van der Waals surface area contributed by atoms with Crippen molar-refractivity contribution in [2.24, 2.45) is 0 Å². The van der Waals surface area contributed by atoms with E-state index in [4.69, 9.17) is 14.2 Å². The van der Waals surface area contributed by atoms with E-state index in [0.29, 0.717) is 31.3 Å². The van der Waals surface area contributed by atoms with Gasteiger partial charge >= 0.3 is 0 Å². The molecule has 0 saturated heterocycles. The maximum atomic E-state index is 12.2. The van der Waals surface area contributed by atoms with E-state index < -0.39 is 0 Å². The summed E-state index contributed by atoms with van der Waals surface area (Å²) in [6.45, 7) is 7.41. The van der Waals surface area contributed by atoms with Gasteiger partial charge in [0.2, 0.25) is 0 Å². The Hall–Kier alpha value is -2.53. The number of nitrogens with one attached hydrogen (secondary N) is 1. The van der Waals surface area contributed by atoms with Gasteiger partial charge in [-0.3, -0.25) is 4.79 Å². The molecule has 0 aliphatic carbocycles. The van der Waals surface area contributed by atoms with Crippen molar-refractivity contribution in [1.29, 1.82) is 0 Å². The second-order valence-electron chi connectivity index (χ2n) is 5.65. The number of carbonyl (C=O) groups is 1. The van der Waals surface area contributed by atoms with Crippen molar-refractivity contribution < 1.29 is 19.0 Å². The summed E-state index contributed by atoms with van der Waals surface area (Å²) in [4.78, 5) is 12.2. The molecule has 2 rings (SSSR count). The minimum Gasteiger partial charge on any atom is -0.489 e. The van der Waals surface area contributed by atoms with Gasteiger partial charge in [0.15, 0.2) is 6.61 Å². The average molecular weight is 343 g/mol. The molecule has 5 heteroatoms. The van der Waals surface area contributed by atoms with E-state index in [1.54, 1.807) is 6.07 Å². The molecule has 2 aromatic carbocycles. The van der Waals surface area contributed by atoms with Crippen LogP contribution < -0.4 is 14.8 Å². The lowest BCUT2D eigenvalue weighted by molar-refractivity contribution is -0.118. The number of para-hydroxylation sites is 2. The van der Waals surface area contributed by atoms with Crippen molar-refractivity contribution in [3.05, 3.63) is 53.6 Å². The molecular weight excluding hydrogens is 318 g/mol. The first-order valence-corrected chi connectivity index (χ1v) is 8.39. The van der Waals surface area contributed by atoms with Crippen molar-refractivity contribution in [3.63, 3.8) is 0 Å². The molecule has 0 unspecified atom stereocenters. The smallest absolute Gasteiger partial charge is 0.262 e. The second-order valence-corrected chi connectivity index (χ2v) is 5.65. The van der Waals surface area contributed by atoms with Crippen molar-refractivity contribution in [1.82, 2.24) is 0 Å². The number of rotatable bonds is 9. The molecule has 0 heterocycles. The summed E-state index contributed by atoms with van der Waals surface area (Å²) in [6, 6.07) is 13.2. The molecule has 0 saturated carbocycles. The average Bonchev–Trinajstić information content (AvgIpc) is 2.61. The van der Waals surface area contributed by atoms with Crippen LogP contribution in [0.1, 0.15) is 18.1 Å². The SMILES string of the molecule is CCOCCOc1ccccc1NC(=O)COc1cc(C)ccc1C. The van der Waals surface area contributed by atoms with Crippen LogP contribution in [0.5, 0.6) is 11.5 Å². The van der Waals surface area contributed by atoms with Gasteiger partial charge in [0.25, 0.3) is 5.91 Å². The number of hydrogen-bond donors (Lipinski definition) is 1. The van der Waals surface area contributed by atoms with E-state index in [9.17, 15) is 4.79 Å². The van der Waals surface area contributed by atoms with Gasteiger partial charge in [0.1, 0.15) is 18.1 Å². The van der Waals surface area contributed by atoms with E-state index in [1.165, 1.54) is 0 Å². The molecular formula is C20H25NO4. The maximum absolute atomic E-state index is 12.2. The summed E-state index contributed by atoms with van der Waals surface area (Å²) in [5.74, 6) is 1.10. The highest BCUT2D eigenvalue weighted by molar-refractivity contribution is 5.93. The largest absolute Gasteiger partial charge is 0.489 e. The molecule has 0 bridgehead atoms. The third-order valence-electron chi connectivity index (χ3n) is 3.55. The summed E-state index contributed by atoms with van der Waals surface area (Å²) in [5.41, 5.74) is 2.71. The fourth-order valence-electron chi connectivity index (χ4n) is 2.24. The fourth-order valence-corrected chi connectivity index (χ4v) is 2.24. The number of anilines is 1. The Labute approximate surface area is 148 Å². The highest BCUT2D eigenvalue weighted by atomic mass is 16.5. The van der Waals surface area contributed by atoms with Crippen LogP contribution >= 0.6 is 0 Å². The van der Waals surface area contributed by atoms with Gasteiger partial charge < -0.3 is 19.5 Å². The van der Waals surface area contributed by atoms with Crippen LogP contribution in [-0.2, 0) is 9.53 Å². The normalized spacial score (nSPS) is 10.4. The molecule has 1 amide bonds. The zero-order valence-electron chi connectivity index (χ0n) is 15.0. The summed E-state index contributed by atoms with van der Waals surface area (Å²) >= 11 is 0. The van der Waals surface area contributed by atoms with Gasteiger partial charge in [0, 0.05) is 6.61 Å². The zero-order chi connectivity index (χ0) is 18.1. The third kappa shape index (κ3) is 6.12. The topological polar surface area (TPSA) is 56.8 Å². The molecule has 25 heavy (non-hydrogen) atoms. The Morgan fingerprint density at radius 1 is 1.00 bits per heavy atom. The first kappa shape index (κ1) is 18.8. The number of benzene rings is 2. The highest BCUT2D eigenvalue weighted by Gasteiger charge is 2.09. The van der Waals surface area contributed by atoms with Crippen LogP contribution in [0, 0.1) is 13.8 Å². The molecule has 1 N–H and O–H groups in total. The van der Waals surface area contributed by atoms with Crippen LogP contribution in [-0.4, -0.2) is 32.3 Å². The Kier molecular flexibility index (Phi) is 7.29. The van der Waals surface area contributed by atoms with Gasteiger partial charge in [-0.1, -0.05) is 24.3 Å². The minimum atomic E-state index is -0.234. The first-order chi connectivity index (χ1) is 12.1. The third-order valence-corrected chi connectivity index (χ3v) is 3.55. The molecule has 0 aliphatic heterocycles. The predicted molar refractivity (Wildman–Crippen MR) is 98.5 cm³/mol. The van der Waals surface area contributed by atoms with E-state index in [2.05, 4.69) is 5.32 Å². The maximum Gasteiger partial charge on any atom is 0.262 e. The van der Waals surface area contributed by atoms with E-state index >= 15 is 0 Å². The molecule has 0 atom stereocenters. The minimum absolute atomic E-state index is 0.0580.